The third-order valence-corrected chi connectivity index (χ3v) is 4.13. The number of nitrogens with one attached hydrogen (secondary N) is 1. The highest BCUT2D eigenvalue weighted by molar-refractivity contribution is 5.92. The number of fused-ring (bicyclic) bond motifs is 1. The number of amides is 1. The second-order valence-electron chi connectivity index (χ2n) is 7.37. The number of halogens is 1. The van der Waals surface area contributed by atoms with E-state index in [1.807, 2.05) is 50.5 Å². The van der Waals surface area contributed by atoms with E-state index >= 15 is 0 Å². The molecule has 2 rings (SSSR count). The van der Waals surface area contributed by atoms with Gasteiger partial charge in [0.05, 0.1) is 17.5 Å². The molecule has 1 aromatic carbocycles. The number of carbonyl (C=O) groups is 1. The summed E-state index contributed by atoms with van der Waals surface area (Å²) >= 11 is 0. The largest absolute Gasteiger partial charge is 0.387 e. The number of benzene rings is 1. The standard InChI is InChI=1S/C18H26FN3O2/c1-6-18(24,11-19)10-15(23)21-16-20-13-8-7-12(2)9-14(13)22(16)17(3,4)5/h7-9,24H,6,10-11H2,1-5H3,(H,20,21,23). The van der Waals surface area contributed by atoms with Crippen molar-refractivity contribution < 1.29 is 14.3 Å². The average molecular weight is 335 g/mol. The molecular weight excluding hydrogens is 309 g/mol. The first-order valence-electron chi connectivity index (χ1n) is 8.17. The normalized spacial score (nSPS) is 14.6. The van der Waals surface area contributed by atoms with Crippen LogP contribution in [-0.4, -0.2) is 32.8 Å². The first-order chi connectivity index (χ1) is 11.1. The number of rotatable bonds is 5. The average Bonchev–Trinajstić information content (AvgIpc) is 2.83. The van der Waals surface area contributed by atoms with Gasteiger partial charge in [0.25, 0.3) is 0 Å². The Labute approximate surface area is 141 Å². The Kier molecular flexibility index (Phi) is 4.99. The third kappa shape index (κ3) is 3.75. The Bertz CT molecular complexity index is 743. The van der Waals surface area contributed by atoms with Gasteiger partial charge in [-0.3, -0.25) is 10.1 Å². The summed E-state index contributed by atoms with van der Waals surface area (Å²) in [6.07, 6.45) is -0.127. The van der Waals surface area contributed by atoms with Crippen LogP contribution in [0.4, 0.5) is 10.3 Å². The number of alkyl halides is 1. The lowest BCUT2D eigenvalue weighted by molar-refractivity contribution is -0.122. The number of aryl methyl sites for hydroxylation is 1. The van der Waals surface area contributed by atoms with Gasteiger partial charge in [0.2, 0.25) is 11.9 Å². The van der Waals surface area contributed by atoms with Crippen LogP contribution in [0.3, 0.4) is 0 Å². The van der Waals surface area contributed by atoms with Crippen LogP contribution in [0.1, 0.15) is 46.1 Å². The SMILES string of the molecule is CCC(O)(CF)CC(=O)Nc1nc2ccc(C)cc2n1C(C)(C)C. The summed E-state index contributed by atoms with van der Waals surface area (Å²) in [6, 6.07) is 5.90. The van der Waals surface area contributed by atoms with E-state index in [1.165, 1.54) is 0 Å². The minimum absolute atomic E-state index is 0.172. The molecule has 1 unspecified atom stereocenters. The van der Waals surface area contributed by atoms with Gasteiger partial charge in [-0.05, 0) is 51.8 Å². The number of aromatic nitrogens is 2. The van der Waals surface area contributed by atoms with Crippen molar-refractivity contribution in [2.45, 2.75) is 58.6 Å². The second kappa shape index (κ2) is 6.51. The molecule has 0 aliphatic heterocycles. The zero-order valence-electron chi connectivity index (χ0n) is 15.0. The van der Waals surface area contributed by atoms with E-state index in [-0.39, 0.29) is 18.4 Å². The van der Waals surface area contributed by atoms with Gasteiger partial charge in [0.15, 0.2) is 0 Å². The van der Waals surface area contributed by atoms with E-state index in [4.69, 9.17) is 0 Å². The molecule has 1 atom stereocenters. The van der Waals surface area contributed by atoms with Crippen molar-refractivity contribution in [3.05, 3.63) is 23.8 Å². The van der Waals surface area contributed by atoms with Crippen LogP contribution >= 0.6 is 0 Å². The molecule has 132 valence electrons. The molecule has 1 heterocycles. The number of imidazole rings is 1. The number of hydrogen-bond donors (Lipinski definition) is 2. The Morgan fingerprint density at radius 3 is 2.58 bits per heavy atom. The Morgan fingerprint density at radius 1 is 1.38 bits per heavy atom. The van der Waals surface area contributed by atoms with Crippen molar-refractivity contribution in [2.24, 2.45) is 0 Å². The van der Waals surface area contributed by atoms with Crippen LogP contribution < -0.4 is 5.32 Å². The molecule has 0 saturated heterocycles. The van der Waals surface area contributed by atoms with Crippen molar-refractivity contribution in [2.75, 3.05) is 12.0 Å². The molecule has 1 amide bonds. The molecule has 0 bridgehead atoms. The molecule has 24 heavy (non-hydrogen) atoms. The number of anilines is 1. The quantitative estimate of drug-likeness (QED) is 0.878. The predicted molar refractivity (Wildman–Crippen MR) is 93.9 cm³/mol. The minimum Gasteiger partial charge on any atom is -0.387 e. The van der Waals surface area contributed by atoms with Crippen molar-refractivity contribution in [3.63, 3.8) is 0 Å². The smallest absolute Gasteiger partial charge is 0.229 e. The highest BCUT2D eigenvalue weighted by atomic mass is 19.1. The fourth-order valence-electron chi connectivity index (χ4n) is 2.68. The van der Waals surface area contributed by atoms with E-state index in [0.717, 1.165) is 16.6 Å². The van der Waals surface area contributed by atoms with Crippen LogP contribution in [0.5, 0.6) is 0 Å². The highest BCUT2D eigenvalue weighted by Gasteiger charge is 2.30. The minimum atomic E-state index is -1.63. The molecule has 5 nitrogen and oxygen atoms in total. The van der Waals surface area contributed by atoms with Gasteiger partial charge in [0.1, 0.15) is 12.3 Å². The Balaban J connectivity index is 2.40. The molecule has 0 aliphatic rings. The van der Waals surface area contributed by atoms with Gasteiger partial charge < -0.3 is 9.67 Å². The summed E-state index contributed by atoms with van der Waals surface area (Å²) in [6.45, 7) is 8.77. The lowest BCUT2D eigenvalue weighted by atomic mass is 9.98. The fourth-order valence-corrected chi connectivity index (χ4v) is 2.68. The monoisotopic (exact) mass is 335 g/mol. The number of hydrogen-bond acceptors (Lipinski definition) is 3. The maximum Gasteiger partial charge on any atom is 0.229 e. The number of carbonyl (C=O) groups excluding carboxylic acids is 1. The van der Waals surface area contributed by atoms with Gasteiger partial charge in [-0.1, -0.05) is 13.0 Å². The van der Waals surface area contributed by atoms with Gasteiger partial charge in [-0.15, -0.1) is 0 Å². The summed E-state index contributed by atoms with van der Waals surface area (Å²) in [4.78, 5) is 16.8. The number of nitrogens with zero attached hydrogens (tertiary/aromatic N) is 2. The van der Waals surface area contributed by atoms with Gasteiger partial charge in [0, 0.05) is 5.54 Å². The van der Waals surface area contributed by atoms with Crippen LogP contribution in [0.25, 0.3) is 11.0 Å². The van der Waals surface area contributed by atoms with E-state index in [1.54, 1.807) is 6.92 Å². The molecule has 0 fully saturated rings. The van der Waals surface area contributed by atoms with Crippen molar-refractivity contribution in [1.82, 2.24) is 9.55 Å². The predicted octanol–water partition coefficient (Wildman–Crippen LogP) is 3.54. The van der Waals surface area contributed by atoms with Crippen molar-refractivity contribution in [3.8, 4) is 0 Å². The van der Waals surface area contributed by atoms with Crippen LogP contribution in [-0.2, 0) is 10.3 Å². The molecule has 6 heteroatoms. The molecule has 0 aliphatic carbocycles. The molecular formula is C18H26FN3O2. The van der Waals surface area contributed by atoms with E-state index in [0.29, 0.717) is 5.95 Å². The maximum atomic E-state index is 13.0. The molecule has 2 N–H and O–H groups in total. The summed E-state index contributed by atoms with van der Waals surface area (Å²) in [5, 5.41) is 12.8. The molecule has 0 spiro atoms. The van der Waals surface area contributed by atoms with Crippen molar-refractivity contribution in [1.29, 1.82) is 0 Å². The zero-order valence-corrected chi connectivity index (χ0v) is 15.0. The third-order valence-electron chi connectivity index (χ3n) is 4.13. The molecule has 2 aromatic rings. The summed E-state index contributed by atoms with van der Waals surface area (Å²) in [7, 11) is 0. The van der Waals surface area contributed by atoms with E-state index in [9.17, 15) is 14.3 Å². The van der Waals surface area contributed by atoms with Crippen LogP contribution in [0.15, 0.2) is 18.2 Å². The van der Waals surface area contributed by atoms with Crippen LogP contribution in [0.2, 0.25) is 0 Å². The zero-order chi connectivity index (χ0) is 18.1. The Hall–Kier alpha value is -1.95. The number of aliphatic hydroxyl groups is 1. The molecule has 1 aromatic heterocycles. The lowest BCUT2D eigenvalue weighted by Gasteiger charge is -2.26. The van der Waals surface area contributed by atoms with Crippen molar-refractivity contribution >= 4 is 22.9 Å². The lowest BCUT2D eigenvalue weighted by Crippen LogP contribution is -2.36. The van der Waals surface area contributed by atoms with Crippen LogP contribution in [0, 0.1) is 6.92 Å². The first kappa shape index (κ1) is 18.4. The maximum absolute atomic E-state index is 13.0. The topological polar surface area (TPSA) is 67.2 Å². The van der Waals surface area contributed by atoms with Gasteiger partial charge in [-0.25, -0.2) is 9.37 Å². The summed E-state index contributed by atoms with van der Waals surface area (Å²) < 4.78 is 14.9. The molecule has 0 saturated carbocycles. The Morgan fingerprint density at radius 2 is 2.04 bits per heavy atom. The van der Waals surface area contributed by atoms with E-state index in [2.05, 4.69) is 10.3 Å². The van der Waals surface area contributed by atoms with Gasteiger partial charge >= 0.3 is 0 Å². The fraction of sp³-hybridized carbons (Fsp3) is 0.556. The first-order valence-corrected chi connectivity index (χ1v) is 8.17. The van der Waals surface area contributed by atoms with Gasteiger partial charge in [-0.2, -0.15) is 0 Å². The van der Waals surface area contributed by atoms with E-state index < -0.39 is 18.2 Å². The highest BCUT2D eigenvalue weighted by Crippen LogP contribution is 2.29. The molecule has 0 radical (unpaired) electrons. The summed E-state index contributed by atoms with van der Waals surface area (Å²) in [5.74, 6) is -0.0417. The second-order valence-corrected chi connectivity index (χ2v) is 7.37. The summed E-state index contributed by atoms with van der Waals surface area (Å²) in [5.41, 5.74) is 0.880.